The monoisotopic (exact) mass is 337 g/mol. The lowest BCUT2D eigenvalue weighted by Crippen LogP contribution is -2.16. The molecule has 2 aromatic heterocycles. The Morgan fingerprint density at radius 2 is 2.04 bits per heavy atom. The van der Waals surface area contributed by atoms with Gasteiger partial charge in [0.05, 0.1) is 18.6 Å². The molecule has 1 N–H and O–H groups in total. The van der Waals surface area contributed by atoms with Crippen molar-refractivity contribution in [3.05, 3.63) is 53.7 Å². The summed E-state index contributed by atoms with van der Waals surface area (Å²) < 4.78 is 9.24. The van der Waals surface area contributed by atoms with E-state index in [0.717, 1.165) is 35.7 Å². The topological polar surface area (TPSA) is 74.0 Å². The molecule has 0 saturated carbocycles. The second-order valence-corrected chi connectivity index (χ2v) is 6.08. The lowest BCUT2D eigenvalue weighted by molar-refractivity contribution is 0.102. The van der Waals surface area contributed by atoms with Gasteiger partial charge >= 0.3 is 0 Å². The summed E-state index contributed by atoms with van der Waals surface area (Å²) in [6.07, 6.45) is 2.71. The molecule has 0 unspecified atom stereocenters. The van der Waals surface area contributed by atoms with Crippen LogP contribution >= 0.6 is 0 Å². The Labute approximate surface area is 145 Å². The summed E-state index contributed by atoms with van der Waals surface area (Å²) in [4.78, 5) is 16.7. The zero-order chi connectivity index (χ0) is 17.4. The van der Waals surface area contributed by atoms with Crippen molar-refractivity contribution in [3.8, 4) is 11.6 Å². The standard InChI is InChI=1S/C18H19N5O2/c1-12-13(2)22(11-19-12)15-6-4-14(5-7-15)20-18(24)16-10-17-23(21-16)8-3-9-25-17/h4-7,10-11H,3,8-9H2,1-2H3,(H,20,24). The average Bonchev–Trinajstić information content (AvgIpc) is 3.20. The third-order valence-corrected chi connectivity index (χ3v) is 4.40. The number of aryl methyl sites for hydroxylation is 2. The van der Waals surface area contributed by atoms with Crippen LogP contribution in [-0.2, 0) is 6.54 Å². The first-order valence-corrected chi connectivity index (χ1v) is 8.25. The van der Waals surface area contributed by atoms with Crippen molar-refractivity contribution in [2.45, 2.75) is 26.8 Å². The summed E-state index contributed by atoms with van der Waals surface area (Å²) in [5.74, 6) is 0.408. The minimum absolute atomic E-state index is 0.243. The van der Waals surface area contributed by atoms with Crippen LogP contribution in [0.25, 0.3) is 5.69 Å². The number of benzene rings is 1. The van der Waals surface area contributed by atoms with E-state index in [0.29, 0.717) is 18.2 Å². The van der Waals surface area contributed by atoms with Crippen LogP contribution in [0.5, 0.6) is 5.88 Å². The molecule has 3 aromatic rings. The molecule has 1 aliphatic rings. The fourth-order valence-corrected chi connectivity index (χ4v) is 2.84. The average molecular weight is 337 g/mol. The van der Waals surface area contributed by atoms with Gasteiger partial charge in [0.2, 0.25) is 5.88 Å². The summed E-state index contributed by atoms with van der Waals surface area (Å²) in [5, 5.41) is 7.16. The van der Waals surface area contributed by atoms with Gasteiger partial charge < -0.3 is 14.6 Å². The molecule has 0 aliphatic carbocycles. The van der Waals surface area contributed by atoms with Gasteiger partial charge in [-0.1, -0.05) is 0 Å². The second-order valence-electron chi connectivity index (χ2n) is 6.08. The van der Waals surface area contributed by atoms with Crippen molar-refractivity contribution in [2.24, 2.45) is 0 Å². The molecule has 1 amide bonds. The molecule has 0 saturated heterocycles. The minimum Gasteiger partial charge on any atom is -0.478 e. The second kappa shape index (κ2) is 6.08. The molecule has 1 aromatic carbocycles. The van der Waals surface area contributed by atoms with Gasteiger partial charge in [0, 0.05) is 36.1 Å². The van der Waals surface area contributed by atoms with Crippen molar-refractivity contribution in [1.29, 1.82) is 0 Å². The molecular formula is C18H19N5O2. The van der Waals surface area contributed by atoms with Crippen LogP contribution in [0, 0.1) is 13.8 Å². The zero-order valence-corrected chi connectivity index (χ0v) is 14.2. The lowest BCUT2D eigenvalue weighted by Gasteiger charge is -2.13. The number of fused-ring (bicyclic) bond motifs is 1. The van der Waals surface area contributed by atoms with Crippen LogP contribution in [0.4, 0.5) is 5.69 Å². The van der Waals surface area contributed by atoms with Crippen LogP contribution in [0.15, 0.2) is 36.7 Å². The number of hydrogen-bond donors (Lipinski definition) is 1. The molecule has 1 aliphatic heterocycles. The fourth-order valence-electron chi connectivity index (χ4n) is 2.84. The van der Waals surface area contributed by atoms with Gasteiger partial charge in [-0.3, -0.25) is 4.79 Å². The van der Waals surface area contributed by atoms with Gasteiger partial charge in [-0.05, 0) is 38.1 Å². The van der Waals surface area contributed by atoms with Crippen LogP contribution in [0.1, 0.15) is 28.3 Å². The third kappa shape index (κ3) is 2.88. The first-order valence-electron chi connectivity index (χ1n) is 8.25. The van der Waals surface area contributed by atoms with E-state index in [1.807, 2.05) is 42.7 Å². The molecule has 0 radical (unpaired) electrons. The highest BCUT2D eigenvalue weighted by molar-refractivity contribution is 6.03. The van der Waals surface area contributed by atoms with E-state index in [2.05, 4.69) is 15.4 Å². The van der Waals surface area contributed by atoms with E-state index < -0.39 is 0 Å². The third-order valence-electron chi connectivity index (χ3n) is 4.40. The van der Waals surface area contributed by atoms with E-state index >= 15 is 0 Å². The summed E-state index contributed by atoms with van der Waals surface area (Å²) in [7, 11) is 0. The van der Waals surface area contributed by atoms with Crippen LogP contribution in [0.3, 0.4) is 0 Å². The first-order chi connectivity index (χ1) is 12.1. The summed E-state index contributed by atoms with van der Waals surface area (Å²) in [6.45, 7) is 5.46. The number of nitrogens with one attached hydrogen (secondary N) is 1. The van der Waals surface area contributed by atoms with Gasteiger partial charge in [0.25, 0.3) is 5.91 Å². The smallest absolute Gasteiger partial charge is 0.276 e. The maximum Gasteiger partial charge on any atom is 0.276 e. The SMILES string of the molecule is Cc1ncn(-c2ccc(NC(=O)c3cc4n(n3)CCCO4)cc2)c1C. The number of rotatable bonds is 3. The van der Waals surface area contributed by atoms with Crippen LogP contribution < -0.4 is 10.1 Å². The molecule has 3 heterocycles. The number of carbonyl (C=O) groups excluding carboxylic acids is 1. The van der Waals surface area contributed by atoms with Gasteiger partial charge in [0.1, 0.15) is 0 Å². The fraction of sp³-hybridized carbons (Fsp3) is 0.278. The Kier molecular flexibility index (Phi) is 3.76. The van der Waals surface area contributed by atoms with E-state index in [9.17, 15) is 4.79 Å². The highest BCUT2D eigenvalue weighted by atomic mass is 16.5. The molecular weight excluding hydrogens is 318 g/mol. The predicted octanol–water partition coefficient (Wildman–Crippen LogP) is 2.72. The Balaban J connectivity index is 1.50. The molecule has 0 fully saturated rings. The van der Waals surface area contributed by atoms with Crippen molar-refractivity contribution < 1.29 is 9.53 Å². The number of imidazole rings is 1. The lowest BCUT2D eigenvalue weighted by atomic mass is 10.2. The molecule has 4 rings (SSSR count). The molecule has 0 bridgehead atoms. The van der Waals surface area contributed by atoms with Crippen LogP contribution in [0.2, 0.25) is 0 Å². The number of carbonyl (C=O) groups is 1. The molecule has 0 spiro atoms. The van der Waals surface area contributed by atoms with Crippen molar-refractivity contribution in [3.63, 3.8) is 0 Å². The Bertz CT molecular complexity index is 900. The predicted molar refractivity (Wildman–Crippen MR) is 93.3 cm³/mol. The molecule has 7 heteroatoms. The minimum atomic E-state index is -0.243. The van der Waals surface area contributed by atoms with E-state index in [1.54, 1.807) is 17.1 Å². The highest BCUT2D eigenvalue weighted by Gasteiger charge is 2.18. The number of hydrogen-bond acceptors (Lipinski definition) is 4. The number of aromatic nitrogens is 4. The number of anilines is 1. The Hall–Kier alpha value is -3.09. The van der Waals surface area contributed by atoms with Gasteiger partial charge in [-0.15, -0.1) is 0 Å². The van der Waals surface area contributed by atoms with E-state index in [4.69, 9.17) is 4.74 Å². The number of amides is 1. The normalized spacial score (nSPS) is 13.2. The maximum atomic E-state index is 12.4. The number of ether oxygens (including phenoxy) is 1. The molecule has 0 atom stereocenters. The molecule has 25 heavy (non-hydrogen) atoms. The Morgan fingerprint density at radius 3 is 2.72 bits per heavy atom. The van der Waals surface area contributed by atoms with Crippen molar-refractivity contribution >= 4 is 11.6 Å². The quantitative estimate of drug-likeness (QED) is 0.797. The van der Waals surface area contributed by atoms with Gasteiger partial charge in [-0.2, -0.15) is 5.10 Å². The largest absolute Gasteiger partial charge is 0.478 e. The van der Waals surface area contributed by atoms with E-state index in [1.165, 1.54) is 0 Å². The van der Waals surface area contributed by atoms with E-state index in [-0.39, 0.29) is 5.91 Å². The van der Waals surface area contributed by atoms with Gasteiger partial charge in [-0.25, -0.2) is 9.67 Å². The maximum absolute atomic E-state index is 12.4. The van der Waals surface area contributed by atoms with Crippen LogP contribution in [-0.4, -0.2) is 31.8 Å². The molecule has 7 nitrogen and oxygen atoms in total. The summed E-state index contributed by atoms with van der Waals surface area (Å²) in [6, 6.07) is 9.32. The summed E-state index contributed by atoms with van der Waals surface area (Å²) >= 11 is 0. The summed E-state index contributed by atoms with van der Waals surface area (Å²) in [5.41, 5.74) is 4.18. The van der Waals surface area contributed by atoms with Crippen molar-refractivity contribution in [2.75, 3.05) is 11.9 Å². The van der Waals surface area contributed by atoms with Gasteiger partial charge in [0.15, 0.2) is 5.69 Å². The van der Waals surface area contributed by atoms with Crippen molar-refractivity contribution in [1.82, 2.24) is 19.3 Å². The Morgan fingerprint density at radius 1 is 1.24 bits per heavy atom. The zero-order valence-electron chi connectivity index (χ0n) is 14.2. The molecule has 128 valence electrons. The number of nitrogens with zero attached hydrogens (tertiary/aromatic N) is 4. The highest BCUT2D eigenvalue weighted by Crippen LogP contribution is 2.20. The first kappa shape index (κ1) is 15.4.